The van der Waals surface area contributed by atoms with Crippen LogP contribution in [0, 0.1) is 0 Å². The molecule has 6 nitrogen and oxygen atoms in total. The number of pyridine rings is 1. The first kappa shape index (κ1) is 19.8. The third-order valence-electron chi connectivity index (χ3n) is 4.60. The summed E-state index contributed by atoms with van der Waals surface area (Å²) in [6.07, 6.45) is 2.10. The van der Waals surface area contributed by atoms with Gasteiger partial charge in [-0.25, -0.2) is 4.79 Å². The van der Waals surface area contributed by atoms with E-state index in [1.54, 1.807) is 23.8 Å². The van der Waals surface area contributed by atoms with Gasteiger partial charge in [0.15, 0.2) is 0 Å². The van der Waals surface area contributed by atoms with E-state index in [0.29, 0.717) is 34.7 Å². The normalized spacial score (nSPS) is 10.8. The Kier molecular flexibility index (Phi) is 5.90. The summed E-state index contributed by atoms with van der Waals surface area (Å²) in [5.74, 6) is -0.445. The number of hydrogen-bond donors (Lipinski definition) is 2. The highest BCUT2D eigenvalue weighted by Crippen LogP contribution is 2.27. The molecule has 0 fully saturated rings. The van der Waals surface area contributed by atoms with Gasteiger partial charge in [-0.3, -0.25) is 4.79 Å². The summed E-state index contributed by atoms with van der Waals surface area (Å²) in [6.45, 7) is 3.00. The number of halogens is 1. The van der Waals surface area contributed by atoms with E-state index in [4.69, 9.17) is 16.3 Å². The van der Waals surface area contributed by atoms with Gasteiger partial charge in [0.25, 0.3) is 0 Å². The van der Waals surface area contributed by atoms with Crippen LogP contribution in [0.1, 0.15) is 22.8 Å². The molecule has 0 amide bonds. The number of aryl methyl sites for hydroxylation is 1. The number of hydrogen-bond acceptors (Lipinski definition) is 4. The fraction of sp³-hybridized carbons (Fsp3) is 0.238. The molecule has 1 aromatic heterocycles. The Morgan fingerprint density at radius 2 is 2.07 bits per heavy atom. The van der Waals surface area contributed by atoms with Crippen LogP contribution in [0.15, 0.2) is 47.4 Å². The quantitative estimate of drug-likeness (QED) is 0.625. The molecular weight excluding hydrogens is 380 g/mol. The van der Waals surface area contributed by atoms with Crippen molar-refractivity contribution in [3.05, 3.63) is 69.0 Å². The van der Waals surface area contributed by atoms with Crippen molar-refractivity contribution in [3.63, 3.8) is 0 Å². The molecule has 0 bridgehead atoms. The average molecular weight is 401 g/mol. The molecule has 1 heterocycles. The lowest BCUT2D eigenvalue weighted by Gasteiger charge is -2.14. The number of carboxylic acid groups (broad SMARTS) is 1. The van der Waals surface area contributed by atoms with Gasteiger partial charge >= 0.3 is 5.97 Å². The number of nitrogens with one attached hydrogen (secondary N) is 1. The van der Waals surface area contributed by atoms with Crippen LogP contribution >= 0.6 is 11.6 Å². The Balaban J connectivity index is 1.91. The largest absolute Gasteiger partial charge is 0.497 e. The molecule has 0 aliphatic heterocycles. The predicted molar refractivity (Wildman–Crippen MR) is 111 cm³/mol. The lowest BCUT2D eigenvalue weighted by atomic mass is 10.1. The van der Waals surface area contributed by atoms with Gasteiger partial charge in [-0.15, -0.1) is 0 Å². The minimum Gasteiger partial charge on any atom is -0.497 e. The average Bonchev–Trinajstić information content (AvgIpc) is 2.69. The fourth-order valence-corrected chi connectivity index (χ4v) is 3.35. The molecule has 0 spiro atoms. The number of carboxylic acids is 1. The van der Waals surface area contributed by atoms with Gasteiger partial charge in [0.05, 0.1) is 23.3 Å². The summed E-state index contributed by atoms with van der Waals surface area (Å²) >= 11 is 6.40. The van der Waals surface area contributed by atoms with Crippen LogP contribution < -0.4 is 15.5 Å². The summed E-state index contributed by atoms with van der Waals surface area (Å²) < 4.78 is 6.94. The van der Waals surface area contributed by atoms with Gasteiger partial charge in [-0.2, -0.15) is 0 Å². The molecule has 0 saturated carbocycles. The zero-order chi connectivity index (χ0) is 20.3. The second kappa shape index (κ2) is 8.35. The van der Waals surface area contributed by atoms with E-state index in [9.17, 15) is 14.7 Å². The van der Waals surface area contributed by atoms with Gasteiger partial charge in [-0.05, 0) is 43.2 Å². The SMILES string of the molecule is CCn1cc(C(=O)O)c(=O)c2cc(NCCc3cccc(OC)c3)c(Cl)cc21. The molecular formula is C21H21ClN2O4. The maximum absolute atomic E-state index is 12.6. The molecule has 0 saturated heterocycles. The van der Waals surface area contributed by atoms with Gasteiger partial charge in [0.2, 0.25) is 5.43 Å². The Labute approximate surface area is 167 Å². The number of aromatic nitrogens is 1. The topological polar surface area (TPSA) is 80.6 Å². The second-order valence-electron chi connectivity index (χ2n) is 6.34. The van der Waals surface area contributed by atoms with Crippen molar-refractivity contribution < 1.29 is 14.6 Å². The molecule has 0 atom stereocenters. The van der Waals surface area contributed by atoms with Gasteiger partial charge in [0, 0.05) is 24.7 Å². The maximum atomic E-state index is 12.6. The van der Waals surface area contributed by atoms with E-state index in [0.717, 1.165) is 17.7 Å². The third kappa shape index (κ3) is 3.97. The van der Waals surface area contributed by atoms with Crippen LogP contribution in [0.2, 0.25) is 5.02 Å². The van der Waals surface area contributed by atoms with Crippen molar-refractivity contribution in [2.24, 2.45) is 0 Å². The first-order chi connectivity index (χ1) is 13.4. The van der Waals surface area contributed by atoms with E-state index in [1.165, 1.54) is 6.20 Å². The smallest absolute Gasteiger partial charge is 0.341 e. The van der Waals surface area contributed by atoms with Crippen molar-refractivity contribution in [1.82, 2.24) is 4.57 Å². The molecule has 2 N–H and O–H groups in total. The molecule has 7 heteroatoms. The van der Waals surface area contributed by atoms with Gasteiger partial charge < -0.3 is 19.7 Å². The highest BCUT2D eigenvalue weighted by molar-refractivity contribution is 6.34. The van der Waals surface area contributed by atoms with Crippen molar-refractivity contribution in [3.8, 4) is 5.75 Å². The molecule has 0 radical (unpaired) electrons. The number of carbonyl (C=O) groups is 1. The lowest BCUT2D eigenvalue weighted by molar-refractivity contribution is 0.0695. The van der Waals surface area contributed by atoms with E-state index in [-0.39, 0.29) is 5.56 Å². The highest BCUT2D eigenvalue weighted by Gasteiger charge is 2.16. The standard InChI is InChI=1S/C21H21ClN2O4/c1-3-24-12-16(21(26)27)20(25)15-10-18(17(22)11-19(15)24)23-8-7-13-5-4-6-14(9-13)28-2/h4-6,9-12,23H,3,7-8H2,1-2H3,(H,26,27). The van der Waals surface area contributed by atoms with Crippen LogP contribution in [-0.2, 0) is 13.0 Å². The fourth-order valence-electron chi connectivity index (χ4n) is 3.13. The number of anilines is 1. The van der Waals surface area contributed by atoms with Crippen LogP contribution in [0.4, 0.5) is 5.69 Å². The van der Waals surface area contributed by atoms with Crippen molar-refractivity contribution in [2.75, 3.05) is 19.0 Å². The number of nitrogens with zero attached hydrogens (tertiary/aromatic N) is 1. The summed E-state index contributed by atoms with van der Waals surface area (Å²) in [5, 5.41) is 13.4. The zero-order valence-corrected chi connectivity index (χ0v) is 16.4. The summed E-state index contributed by atoms with van der Waals surface area (Å²) in [6, 6.07) is 11.1. The van der Waals surface area contributed by atoms with Crippen LogP contribution in [0.3, 0.4) is 0 Å². The van der Waals surface area contributed by atoms with E-state index in [2.05, 4.69) is 5.32 Å². The first-order valence-corrected chi connectivity index (χ1v) is 9.29. The third-order valence-corrected chi connectivity index (χ3v) is 4.92. The number of fused-ring (bicyclic) bond motifs is 1. The molecule has 0 unspecified atom stereocenters. The van der Waals surface area contributed by atoms with Crippen LogP contribution in [-0.4, -0.2) is 29.3 Å². The molecule has 0 aliphatic carbocycles. The lowest BCUT2D eigenvalue weighted by Crippen LogP contribution is -2.19. The van der Waals surface area contributed by atoms with E-state index >= 15 is 0 Å². The Hall–Kier alpha value is -2.99. The van der Waals surface area contributed by atoms with Gasteiger partial charge in [-0.1, -0.05) is 23.7 Å². The highest BCUT2D eigenvalue weighted by atomic mass is 35.5. The Morgan fingerprint density at radius 1 is 1.29 bits per heavy atom. The predicted octanol–water partition coefficient (Wildman–Crippen LogP) is 4.04. The monoisotopic (exact) mass is 400 g/mol. The number of methoxy groups -OCH3 is 1. The van der Waals surface area contributed by atoms with E-state index < -0.39 is 11.4 Å². The zero-order valence-electron chi connectivity index (χ0n) is 15.7. The van der Waals surface area contributed by atoms with Gasteiger partial charge in [0.1, 0.15) is 11.3 Å². The number of aromatic carboxylic acids is 1. The number of rotatable bonds is 7. The maximum Gasteiger partial charge on any atom is 0.341 e. The number of ether oxygens (including phenoxy) is 1. The second-order valence-corrected chi connectivity index (χ2v) is 6.75. The molecule has 0 aliphatic rings. The Bertz CT molecular complexity index is 1090. The molecule has 146 valence electrons. The first-order valence-electron chi connectivity index (χ1n) is 8.91. The molecule has 3 aromatic rings. The van der Waals surface area contributed by atoms with E-state index in [1.807, 2.05) is 31.2 Å². The number of benzene rings is 2. The van der Waals surface area contributed by atoms with Crippen LogP contribution in [0.25, 0.3) is 10.9 Å². The minimum atomic E-state index is -1.24. The van der Waals surface area contributed by atoms with Crippen molar-refractivity contribution >= 4 is 34.2 Å². The summed E-state index contributed by atoms with van der Waals surface area (Å²) in [4.78, 5) is 24.0. The van der Waals surface area contributed by atoms with Crippen molar-refractivity contribution in [1.29, 1.82) is 0 Å². The molecule has 2 aromatic carbocycles. The van der Waals surface area contributed by atoms with Crippen LogP contribution in [0.5, 0.6) is 5.75 Å². The molecule has 3 rings (SSSR count). The molecule has 28 heavy (non-hydrogen) atoms. The summed E-state index contributed by atoms with van der Waals surface area (Å²) in [7, 11) is 1.63. The summed E-state index contributed by atoms with van der Waals surface area (Å²) in [5.41, 5.74) is 1.55. The Morgan fingerprint density at radius 3 is 2.75 bits per heavy atom. The van der Waals surface area contributed by atoms with Crippen molar-refractivity contribution in [2.45, 2.75) is 19.9 Å². The minimum absolute atomic E-state index is 0.251.